The van der Waals surface area contributed by atoms with Gasteiger partial charge in [0.15, 0.2) is 0 Å². The van der Waals surface area contributed by atoms with E-state index in [1.54, 1.807) is 7.05 Å². The van der Waals surface area contributed by atoms with Crippen LogP contribution >= 0.6 is 0 Å². The number of anilines is 1. The van der Waals surface area contributed by atoms with Crippen molar-refractivity contribution in [1.82, 2.24) is 14.7 Å². The maximum Gasteiger partial charge on any atom is 0.330 e. The predicted octanol–water partition coefficient (Wildman–Crippen LogP) is 0.977. The fourth-order valence-corrected chi connectivity index (χ4v) is 3.14. The molecule has 0 saturated carbocycles. The molecule has 2 aliphatic heterocycles. The third-order valence-electron chi connectivity index (χ3n) is 3.93. The van der Waals surface area contributed by atoms with Gasteiger partial charge in [-0.1, -0.05) is 0 Å². The standard InChI is InChI=1S/C11H17N5O2/c1-14-7-10(16(17)18)11(13-14)12-8-4-6-15-5-2-3-9(8)15/h7-9H,2-6H2,1H3,(H,12,13). The Kier molecular flexibility index (Phi) is 2.70. The third-order valence-corrected chi connectivity index (χ3v) is 3.93. The lowest BCUT2D eigenvalue weighted by molar-refractivity contribution is -0.384. The summed E-state index contributed by atoms with van der Waals surface area (Å²) in [5.41, 5.74) is 0.0638. The van der Waals surface area contributed by atoms with Gasteiger partial charge in [-0.25, -0.2) is 0 Å². The Morgan fingerprint density at radius 1 is 1.50 bits per heavy atom. The Bertz CT molecular complexity index is 472. The summed E-state index contributed by atoms with van der Waals surface area (Å²) in [6.07, 6.45) is 4.90. The van der Waals surface area contributed by atoms with Gasteiger partial charge in [-0.15, -0.1) is 5.10 Å². The number of fused-ring (bicyclic) bond motifs is 1. The van der Waals surface area contributed by atoms with Crippen LogP contribution in [0.2, 0.25) is 0 Å². The molecule has 3 heterocycles. The fourth-order valence-electron chi connectivity index (χ4n) is 3.14. The van der Waals surface area contributed by atoms with E-state index in [2.05, 4.69) is 15.3 Å². The van der Waals surface area contributed by atoms with E-state index in [0.29, 0.717) is 17.9 Å². The summed E-state index contributed by atoms with van der Waals surface area (Å²) >= 11 is 0. The monoisotopic (exact) mass is 251 g/mol. The molecule has 0 aromatic carbocycles. The van der Waals surface area contributed by atoms with Crippen LogP contribution in [0.15, 0.2) is 6.20 Å². The quantitative estimate of drug-likeness (QED) is 0.640. The molecule has 1 aromatic heterocycles. The van der Waals surface area contributed by atoms with Crippen LogP contribution in [-0.2, 0) is 7.05 Å². The molecule has 0 aliphatic carbocycles. The van der Waals surface area contributed by atoms with Crippen LogP contribution in [0.4, 0.5) is 11.5 Å². The first-order valence-corrected chi connectivity index (χ1v) is 6.34. The summed E-state index contributed by atoms with van der Waals surface area (Å²) in [6, 6.07) is 0.813. The average Bonchev–Trinajstić information content (AvgIpc) is 2.96. The second-order valence-electron chi connectivity index (χ2n) is 5.08. The summed E-state index contributed by atoms with van der Waals surface area (Å²) in [5, 5.41) is 18.4. The van der Waals surface area contributed by atoms with Gasteiger partial charge in [0.1, 0.15) is 6.20 Å². The number of hydrogen-bond acceptors (Lipinski definition) is 5. The van der Waals surface area contributed by atoms with Crippen molar-refractivity contribution in [3.63, 3.8) is 0 Å². The second kappa shape index (κ2) is 4.24. The van der Waals surface area contributed by atoms with Gasteiger partial charge in [0.2, 0.25) is 5.82 Å². The molecular formula is C11H17N5O2. The first-order chi connectivity index (χ1) is 8.65. The number of nitrogens with one attached hydrogen (secondary N) is 1. The van der Waals surface area contributed by atoms with Crippen molar-refractivity contribution in [1.29, 1.82) is 0 Å². The normalized spacial score (nSPS) is 27.4. The van der Waals surface area contributed by atoms with Gasteiger partial charge >= 0.3 is 5.69 Å². The molecule has 2 atom stereocenters. The Labute approximate surface area is 105 Å². The molecular weight excluding hydrogens is 234 g/mol. The highest BCUT2D eigenvalue weighted by molar-refractivity contribution is 5.55. The van der Waals surface area contributed by atoms with Crippen molar-refractivity contribution in [2.75, 3.05) is 18.4 Å². The van der Waals surface area contributed by atoms with Gasteiger partial charge < -0.3 is 5.32 Å². The van der Waals surface area contributed by atoms with Crippen molar-refractivity contribution < 1.29 is 4.92 Å². The highest BCUT2D eigenvalue weighted by atomic mass is 16.6. The molecule has 7 nitrogen and oxygen atoms in total. The number of aryl methyl sites for hydroxylation is 1. The fraction of sp³-hybridized carbons (Fsp3) is 0.727. The van der Waals surface area contributed by atoms with Crippen molar-refractivity contribution in [3.05, 3.63) is 16.3 Å². The molecule has 7 heteroatoms. The summed E-state index contributed by atoms with van der Waals surface area (Å²) in [4.78, 5) is 13.0. The zero-order valence-electron chi connectivity index (χ0n) is 10.4. The molecule has 2 unspecified atom stereocenters. The van der Waals surface area contributed by atoms with Crippen molar-refractivity contribution in [2.24, 2.45) is 7.05 Å². The lowest BCUT2D eigenvalue weighted by Gasteiger charge is -2.20. The average molecular weight is 251 g/mol. The van der Waals surface area contributed by atoms with E-state index in [4.69, 9.17) is 0 Å². The van der Waals surface area contributed by atoms with E-state index >= 15 is 0 Å². The SMILES string of the molecule is Cn1cc([N+](=O)[O-])c(NC2CCN3CCCC23)n1. The Balaban J connectivity index is 1.78. The Morgan fingerprint density at radius 2 is 2.33 bits per heavy atom. The van der Waals surface area contributed by atoms with Crippen molar-refractivity contribution in [3.8, 4) is 0 Å². The largest absolute Gasteiger partial charge is 0.359 e. The molecule has 98 valence electrons. The van der Waals surface area contributed by atoms with Gasteiger partial charge in [-0.2, -0.15) is 0 Å². The summed E-state index contributed by atoms with van der Waals surface area (Å²) in [5.74, 6) is 0.404. The van der Waals surface area contributed by atoms with Crippen LogP contribution in [0.5, 0.6) is 0 Å². The van der Waals surface area contributed by atoms with Gasteiger partial charge in [-0.05, 0) is 25.8 Å². The predicted molar refractivity (Wildman–Crippen MR) is 66.5 cm³/mol. The van der Waals surface area contributed by atoms with Crippen LogP contribution in [0.3, 0.4) is 0 Å². The maximum atomic E-state index is 10.9. The molecule has 1 aromatic rings. The van der Waals surface area contributed by atoms with Crippen LogP contribution < -0.4 is 5.32 Å². The number of nitrogens with zero attached hydrogens (tertiary/aromatic N) is 4. The highest BCUT2D eigenvalue weighted by Gasteiger charge is 2.38. The summed E-state index contributed by atoms with van der Waals surface area (Å²) < 4.78 is 1.49. The molecule has 2 aliphatic rings. The second-order valence-corrected chi connectivity index (χ2v) is 5.08. The van der Waals surface area contributed by atoms with Gasteiger partial charge in [-0.3, -0.25) is 19.7 Å². The highest BCUT2D eigenvalue weighted by Crippen LogP contribution is 2.31. The number of hydrogen-bond donors (Lipinski definition) is 1. The van der Waals surface area contributed by atoms with E-state index in [9.17, 15) is 10.1 Å². The van der Waals surface area contributed by atoms with Crippen LogP contribution in [0.25, 0.3) is 0 Å². The molecule has 0 amide bonds. The zero-order valence-corrected chi connectivity index (χ0v) is 10.4. The molecule has 1 N–H and O–H groups in total. The first kappa shape index (κ1) is 11.5. The minimum Gasteiger partial charge on any atom is -0.359 e. The topological polar surface area (TPSA) is 76.2 Å². The van der Waals surface area contributed by atoms with Crippen molar-refractivity contribution in [2.45, 2.75) is 31.3 Å². The van der Waals surface area contributed by atoms with E-state index in [0.717, 1.165) is 19.5 Å². The van der Waals surface area contributed by atoms with Gasteiger partial charge in [0.05, 0.1) is 4.92 Å². The zero-order chi connectivity index (χ0) is 12.7. The van der Waals surface area contributed by atoms with Gasteiger partial charge in [0, 0.05) is 25.7 Å². The summed E-state index contributed by atoms with van der Waals surface area (Å²) in [7, 11) is 1.70. The minimum absolute atomic E-state index is 0.0638. The molecule has 3 rings (SSSR count). The molecule has 0 bridgehead atoms. The minimum atomic E-state index is -0.378. The third kappa shape index (κ3) is 1.84. The van der Waals surface area contributed by atoms with Crippen LogP contribution in [0.1, 0.15) is 19.3 Å². The lowest BCUT2D eigenvalue weighted by Crippen LogP contribution is -2.34. The smallest absolute Gasteiger partial charge is 0.330 e. The molecule has 2 saturated heterocycles. The van der Waals surface area contributed by atoms with E-state index in [1.165, 1.54) is 23.7 Å². The van der Waals surface area contributed by atoms with E-state index < -0.39 is 0 Å². The Morgan fingerprint density at radius 3 is 3.11 bits per heavy atom. The number of nitro groups is 1. The maximum absolute atomic E-state index is 10.9. The first-order valence-electron chi connectivity index (χ1n) is 6.34. The molecule has 2 fully saturated rings. The molecule has 0 spiro atoms. The lowest BCUT2D eigenvalue weighted by atomic mass is 10.1. The number of aromatic nitrogens is 2. The van der Waals surface area contributed by atoms with Crippen LogP contribution in [-0.4, -0.2) is 44.8 Å². The van der Waals surface area contributed by atoms with E-state index in [-0.39, 0.29) is 10.6 Å². The molecule has 18 heavy (non-hydrogen) atoms. The van der Waals surface area contributed by atoms with E-state index in [1.807, 2.05) is 0 Å². The Hall–Kier alpha value is -1.63. The summed E-state index contributed by atoms with van der Waals surface area (Å²) in [6.45, 7) is 2.25. The van der Waals surface area contributed by atoms with Crippen LogP contribution in [0, 0.1) is 10.1 Å². The molecule has 0 radical (unpaired) electrons. The number of rotatable bonds is 3. The van der Waals surface area contributed by atoms with Gasteiger partial charge in [0.25, 0.3) is 0 Å². The van der Waals surface area contributed by atoms with Crippen molar-refractivity contribution >= 4 is 11.5 Å².